The summed E-state index contributed by atoms with van der Waals surface area (Å²) in [4.78, 5) is 36.5. The summed E-state index contributed by atoms with van der Waals surface area (Å²) in [6.45, 7) is 5.75. The maximum absolute atomic E-state index is 12.6. The van der Waals surface area contributed by atoms with Crippen molar-refractivity contribution < 1.29 is 14.7 Å². The number of aryl methyl sites for hydroxylation is 1. The predicted octanol–water partition coefficient (Wildman–Crippen LogP) is 1.66. The molecule has 0 spiro atoms. The first kappa shape index (κ1) is 16.9. The van der Waals surface area contributed by atoms with Gasteiger partial charge in [0, 0.05) is 44.1 Å². The molecule has 0 atom stereocenters. The number of carbonyl (C=O) groups is 2. The Balaban J connectivity index is 1.69. The van der Waals surface area contributed by atoms with Crippen molar-refractivity contribution in [1.29, 1.82) is 0 Å². The Hall–Kier alpha value is -2.96. The Morgan fingerprint density at radius 3 is 2.36 bits per heavy atom. The molecule has 1 aromatic heterocycles. The SMILES string of the molecule is CC(=O)c1ccc(C(=O)N2CCN(c3nccnc3C)CC2)cc1O. The third-order valence-corrected chi connectivity index (χ3v) is 4.35. The minimum absolute atomic E-state index is 0.152. The zero-order valence-electron chi connectivity index (χ0n) is 14.3. The highest BCUT2D eigenvalue weighted by Gasteiger charge is 2.24. The molecule has 0 saturated carbocycles. The van der Waals surface area contributed by atoms with Gasteiger partial charge in [-0.1, -0.05) is 0 Å². The fourth-order valence-electron chi connectivity index (χ4n) is 2.98. The van der Waals surface area contributed by atoms with Crippen molar-refractivity contribution in [1.82, 2.24) is 14.9 Å². The average molecular weight is 340 g/mol. The molecule has 7 nitrogen and oxygen atoms in total. The number of amides is 1. The molecule has 25 heavy (non-hydrogen) atoms. The topological polar surface area (TPSA) is 86.6 Å². The van der Waals surface area contributed by atoms with Crippen LogP contribution in [0.2, 0.25) is 0 Å². The second-order valence-corrected chi connectivity index (χ2v) is 6.03. The van der Waals surface area contributed by atoms with E-state index >= 15 is 0 Å². The van der Waals surface area contributed by atoms with Crippen LogP contribution >= 0.6 is 0 Å². The number of carbonyl (C=O) groups excluding carboxylic acids is 2. The molecular weight excluding hydrogens is 320 g/mol. The number of Topliss-reactive ketones (excluding diaryl/α,β-unsaturated/α-hetero) is 1. The third kappa shape index (κ3) is 3.45. The molecule has 0 radical (unpaired) electrons. The molecule has 1 saturated heterocycles. The molecule has 1 aliphatic heterocycles. The van der Waals surface area contributed by atoms with Crippen molar-refractivity contribution in [2.45, 2.75) is 13.8 Å². The van der Waals surface area contributed by atoms with Gasteiger partial charge in [0.2, 0.25) is 0 Å². The minimum Gasteiger partial charge on any atom is -0.507 e. The minimum atomic E-state index is -0.232. The lowest BCUT2D eigenvalue weighted by Gasteiger charge is -2.35. The van der Waals surface area contributed by atoms with E-state index in [4.69, 9.17) is 0 Å². The zero-order chi connectivity index (χ0) is 18.0. The van der Waals surface area contributed by atoms with Crippen LogP contribution in [0.15, 0.2) is 30.6 Å². The Morgan fingerprint density at radius 2 is 1.76 bits per heavy atom. The number of ketones is 1. The first-order valence-electron chi connectivity index (χ1n) is 8.13. The molecular formula is C18H20N4O3. The van der Waals surface area contributed by atoms with Gasteiger partial charge in [-0.15, -0.1) is 0 Å². The van der Waals surface area contributed by atoms with E-state index in [-0.39, 0.29) is 23.0 Å². The second-order valence-electron chi connectivity index (χ2n) is 6.03. The summed E-state index contributed by atoms with van der Waals surface area (Å²) in [5, 5.41) is 9.92. The van der Waals surface area contributed by atoms with Crippen LogP contribution < -0.4 is 4.90 Å². The van der Waals surface area contributed by atoms with Crippen LogP contribution in [0, 0.1) is 6.92 Å². The largest absolute Gasteiger partial charge is 0.507 e. The maximum Gasteiger partial charge on any atom is 0.254 e. The summed E-state index contributed by atoms with van der Waals surface area (Å²) < 4.78 is 0. The van der Waals surface area contributed by atoms with Crippen LogP contribution in [0.4, 0.5) is 5.82 Å². The Kier molecular flexibility index (Phi) is 4.65. The summed E-state index contributed by atoms with van der Waals surface area (Å²) in [7, 11) is 0. The molecule has 1 amide bonds. The first-order chi connectivity index (χ1) is 12.0. The molecule has 0 unspecified atom stereocenters. The van der Waals surface area contributed by atoms with Crippen LogP contribution in [-0.4, -0.2) is 57.8 Å². The monoisotopic (exact) mass is 340 g/mol. The van der Waals surface area contributed by atoms with Gasteiger partial charge in [0.15, 0.2) is 5.78 Å². The summed E-state index contributed by atoms with van der Waals surface area (Å²) in [5.74, 6) is 0.301. The van der Waals surface area contributed by atoms with E-state index in [0.717, 1.165) is 11.5 Å². The molecule has 130 valence electrons. The van der Waals surface area contributed by atoms with Gasteiger partial charge < -0.3 is 14.9 Å². The average Bonchev–Trinajstić information content (AvgIpc) is 2.61. The Morgan fingerprint density at radius 1 is 1.08 bits per heavy atom. The number of hydrogen-bond acceptors (Lipinski definition) is 6. The highest BCUT2D eigenvalue weighted by atomic mass is 16.3. The van der Waals surface area contributed by atoms with Crippen molar-refractivity contribution in [2.24, 2.45) is 0 Å². The lowest BCUT2D eigenvalue weighted by Crippen LogP contribution is -2.49. The number of benzene rings is 1. The molecule has 1 N–H and O–H groups in total. The predicted molar refractivity (Wildman–Crippen MR) is 93.0 cm³/mol. The molecule has 1 aliphatic rings. The summed E-state index contributed by atoms with van der Waals surface area (Å²) in [6.07, 6.45) is 3.33. The van der Waals surface area contributed by atoms with Gasteiger partial charge in [0.05, 0.1) is 11.3 Å². The lowest BCUT2D eigenvalue weighted by atomic mass is 10.1. The fourth-order valence-corrected chi connectivity index (χ4v) is 2.98. The number of aromatic hydroxyl groups is 1. The van der Waals surface area contributed by atoms with E-state index in [2.05, 4.69) is 14.9 Å². The van der Waals surface area contributed by atoms with E-state index in [0.29, 0.717) is 31.7 Å². The van der Waals surface area contributed by atoms with Gasteiger partial charge >= 0.3 is 0 Å². The number of rotatable bonds is 3. The normalized spacial score (nSPS) is 14.5. The van der Waals surface area contributed by atoms with E-state index in [1.54, 1.807) is 23.4 Å². The van der Waals surface area contributed by atoms with Crippen molar-refractivity contribution >= 4 is 17.5 Å². The standard InChI is InChI=1S/C18H20N4O3/c1-12-17(20-6-5-19-12)21-7-9-22(10-8-21)18(25)14-3-4-15(13(2)23)16(24)11-14/h3-6,11,24H,7-10H2,1-2H3. The highest BCUT2D eigenvalue weighted by molar-refractivity contribution is 6.00. The smallest absolute Gasteiger partial charge is 0.254 e. The summed E-state index contributed by atoms with van der Waals surface area (Å²) in [5.41, 5.74) is 1.47. The van der Waals surface area contributed by atoms with Crippen LogP contribution in [0.5, 0.6) is 5.75 Å². The lowest BCUT2D eigenvalue weighted by molar-refractivity contribution is 0.0745. The van der Waals surface area contributed by atoms with E-state index in [1.807, 2.05) is 6.92 Å². The number of hydrogen-bond donors (Lipinski definition) is 1. The number of anilines is 1. The highest BCUT2D eigenvalue weighted by Crippen LogP contribution is 2.22. The van der Waals surface area contributed by atoms with Gasteiger partial charge in [0.25, 0.3) is 5.91 Å². The van der Waals surface area contributed by atoms with Crippen molar-refractivity contribution in [2.75, 3.05) is 31.1 Å². The van der Waals surface area contributed by atoms with Crippen LogP contribution in [0.3, 0.4) is 0 Å². The molecule has 1 aromatic carbocycles. The van der Waals surface area contributed by atoms with Crippen LogP contribution in [-0.2, 0) is 0 Å². The summed E-state index contributed by atoms with van der Waals surface area (Å²) in [6, 6.07) is 4.43. The quantitative estimate of drug-likeness (QED) is 0.855. The molecule has 3 rings (SSSR count). The summed E-state index contributed by atoms with van der Waals surface area (Å²) >= 11 is 0. The number of phenols is 1. The van der Waals surface area contributed by atoms with Crippen LogP contribution in [0.25, 0.3) is 0 Å². The zero-order valence-corrected chi connectivity index (χ0v) is 14.3. The fraction of sp³-hybridized carbons (Fsp3) is 0.333. The third-order valence-electron chi connectivity index (χ3n) is 4.35. The molecule has 7 heteroatoms. The number of phenolic OH excluding ortho intramolecular Hbond substituents is 1. The Labute approximate surface area is 145 Å². The van der Waals surface area contributed by atoms with E-state index < -0.39 is 0 Å². The van der Waals surface area contributed by atoms with Crippen molar-refractivity contribution in [3.05, 3.63) is 47.4 Å². The van der Waals surface area contributed by atoms with Gasteiger partial charge in [-0.25, -0.2) is 4.98 Å². The van der Waals surface area contributed by atoms with Crippen molar-refractivity contribution in [3.63, 3.8) is 0 Å². The molecule has 1 fully saturated rings. The van der Waals surface area contributed by atoms with E-state index in [1.165, 1.54) is 19.1 Å². The molecule has 2 heterocycles. The van der Waals surface area contributed by atoms with Gasteiger partial charge in [-0.2, -0.15) is 0 Å². The second kappa shape index (κ2) is 6.88. The van der Waals surface area contributed by atoms with Gasteiger partial charge in [0.1, 0.15) is 11.6 Å². The first-order valence-corrected chi connectivity index (χ1v) is 8.13. The Bertz CT molecular complexity index is 814. The molecule has 0 aliphatic carbocycles. The van der Waals surface area contributed by atoms with Gasteiger partial charge in [-0.05, 0) is 32.0 Å². The van der Waals surface area contributed by atoms with E-state index in [9.17, 15) is 14.7 Å². The van der Waals surface area contributed by atoms with Crippen LogP contribution in [0.1, 0.15) is 33.3 Å². The molecule has 2 aromatic rings. The molecule has 0 bridgehead atoms. The van der Waals surface area contributed by atoms with Crippen molar-refractivity contribution in [3.8, 4) is 5.75 Å². The van der Waals surface area contributed by atoms with Gasteiger partial charge in [-0.3, -0.25) is 14.6 Å². The number of nitrogens with zero attached hydrogens (tertiary/aromatic N) is 4. The number of piperazine rings is 1. The maximum atomic E-state index is 12.6. The number of aromatic nitrogens is 2.